The maximum atomic E-state index is 10.2. The zero-order valence-corrected chi connectivity index (χ0v) is 7.28. The van der Waals surface area contributed by atoms with Gasteiger partial charge in [-0.15, -0.1) is 5.01 Å². The molecule has 0 aromatic carbocycles. The Morgan fingerprint density at radius 3 is 2.11 bits per heavy atom. The molecule has 1 rings (SSSR count). The van der Waals surface area contributed by atoms with Crippen LogP contribution < -0.4 is 29.6 Å². The van der Waals surface area contributed by atoms with Gasteiger partial charge in [-0.2, -0.15) is 0 Å². The van der Waals surface area contributed by atoms with E-state index in [1.54, 1.807) is 0 Å². The molecule has 1 aliphatic rings. The van der Waals surface area contributed by atoms with Gasteiger partial charge in [0.2, 0.25) is 0 Å². The van der Waals surface area contributed by atoms with Crippen molar-refractivity contribution in [3.05, 3.63) is 10.4 Å². The molecule has 1 fully saturated rings. The minimum atomic E-state index is 0. The van der Waals surface area contributed by atoms with Gasteiger partial charge in [0.1, 0.15) is 0 Å². The molecule has 46 valence electrons. The average molecular weight is 139 g/mol. The number of hydrogen-bond donors (Lipinski definition) is 0. The van der Waals surface area contributed by atoms with E-state index in [0.29, 0.717) is 13.1 Å². The summed E-state index contributed by atoms with van der Waals surface area (Å²) in [5, 5.41) is 23.1. The predicted octanol–water partition coefficient (Wildman–Crippen LogP) is -2.93. The van der Waals surface area contributed by atoms with Crippen LogP contribution in [-0.2, 0) is 0 Å². The molecule has 0 aromatic heterocycles. The van der Waals surface area contributed by atoms with Crippen LogP contribution >= 0.6 is 0 Å². The quantitative estimate of drug-likeness (QED) is 0.169. The maximum absolute atomic E-state index is 10.2. The van der Waals surface area contributed by atoms with E-state index in [4.69, 9.17) is 0 Å². The van der Waals surface area contributed by atoms with Crippen LogP contribution in [0.1, 0.15) is 6.42 Å². The molecule has 1 saturated heterocycles. The van der Waals surface area contributed by atoms with Gasteiger partial charge >= 0.3 is 29.6 Å². The van der Waals surface area contributed by atoms with E-state index in [0.717, 1.165) is 6.42 Å². The summed E-state index contributed by atoms with van der Waals surface area (Å²) in [6.45, 7) is 1.32. The van der Waals surface area contributed by atoms with Gasteiger partial charge in [0.25, 0.3) is 0 Å². The van der Waals surface area contributed by atoms with Crippen LogP contribution in [-0.4, -0.2) is 23.1 Å². The standard InChI is InChI=1S/C3H7N3O2.Na/c7-4-6(8)5-2-1-3-5;/h7H,1-3H2;/q;+1/p-1/b6-4+;. The van der Waals surface area contributed by atoms with Crippen LogP contribution in [0.5, 0.6) is 0 Å². The van der Waals surface area contributed by atoms with Crippen LogP contribution in [0, 0.1) is 10.4 Å². The molecule has 9 heavy (non-hydrogen) atoms. The van der Waals surface area contributed by atoms with Crippen molar-refractivity contribution in [2.24, 2.45) is 5.28 Å². The topological polar surface area (TPSA) is 64.7 Å². The summed E-state index contributed by atoms with van der Waals surface area (Å²) in [4.78, 5) is 0.0868. The molecule has 0 amide bonds. The molecule has 0 bridgehead atoms. The third-order valence-corrected chi connectivity index (χ3v) is 1.14. The predicted molar refractivity (Wildman–Crippen MR) is 25.6 cm³/mol. The van der Waals surface area contributed by atoms with Crippen molar-refractivity contribution < 1.29 is 34.5 Å². The van der Waals surface area contributed by atoms with Gasteiger partial charge in [-0.3, -0.25) is 0 Å². The smallest absolute Gasteiger partial charge is 0.737 e. The molecule has 0 N–H and O–H groups in total. The van der Waals surface area contributed by atoms with Crippen molar-refractivity contribution >= 4 is 0 Å². The first-order chi connectivity index (χ1) is 3.84. The Hall–Kier alpha value is 0.0000000000000000555. The molecule has 0 atom stereocenters. The normalized spacial score (nSPS) is 18.2. The average Bonchev–Trinajstić information content (AvgIpc) is 1.62. The van der Waals surface area contributed by atoms with Gasteiger partial charge in [0.15, 0.2) is 0 Å². The van der Waals surface area contributed by atoms with E-state index in [1.165, 1.54) is 5.01 Å². The summed E-state index contributed by atoms with van der Waals surface area (Å²) in [6, 6.07) is 0. The van der Waals surface area contributed by atoms with Gasteiger partial charge < -0.3 is 10.4 Å². The SMILES string of the molecule is [Na+].[O-]/N=[N+](/[O-])N1CCC1. The number of nitrogens with zero attached hydrogens (tertiary/aromatic N) is 3. The van der Waals surface area contributed by atoms with Gasteiger partial charge in [0.05, 0.1) is 13.1 Å². The van der Waals surface area contributed by atoms with Crippen LogP contribution in [0.4, 0.5) is 0 Å². The van der Waals surface area contributed by atoms with E-state index in [-0.39, 0.29) is 34.5 Å². The summed E-state index contributed by atoms with van der Waals surface area (Å²) in [5.41, 5.74) is 0. The molecule has 1 aliphatic heterocycles. The third-order valence-electron chi connectivity index (χ3n) is 1.14. The van der Waals surface area contributed by atoms with Crippen molar-refractivity contribution in [2.75, 3.05) is 13.1 Å². The van der Waals surface area contributed by atoms with Gasteiger partial charge in [-0.25, -0.2) is 0 Å². The molecular weight excluding hydrogens is 133 g/mol. The molecule has 0 aromatic rings. The fourth-order valence-corrected chi connectivity index (χ4v) is 0.522. The molecule has 0 unspecified atom stereocenters. The van der Waals surface area contributed by atoms with E-state index < -0.39 is 0 Å². The summed E-state index contributed by atoms with van der Waals surface area (Å²) in [6.07, 6.45) is 0.980. The Balaban J connectivity index is 0.000000640. The van der Waals surface area contributed by atoms with Crippen LogP contribution in [0.2, 0.25) is 0 Å². The molecule has 6 heteroatoms. The largest absolute Gasteiger partial charge is 1.00 e. The summed E-state index contributed by atoms with van der Waals surface area (Å²) in [7, 11) is 0. The van der Waals surface area contributed by atoms with E-state index >= 15 is 0 Å². The Labute approximate surface area is 74.8 Å². The van der Waals surface area contributed by atoms with Crippen LogP contribution in [0.15, 0.2) is 5.28 Å². The van der Waals surface area contributed by atoms with Crippen molar-refractivity contribution in [3.63, 3.8) is 0 Å². The van der Waals surface area contributed by atoms with Crippen molar-refractivity contribution in [2.45, 2.75) is 6.42 Å². The van der Waals surface area contributed by atoms with Gasteiger partial charge in [0, 0.05) is 4.97 Å². The minimum Gasteiger partial charge on any atom is -0.737 e. The van der Waals surface area contributed by atoms with Gasteiger partial charge in [-0.05, 0) is 11.7 Å². The Kier molecular flexibility index (Phi) is 3.92. The van der Waals surface area contributed by atoms with Crippen LogP contribution in [0.25, 0.3) is 0 Å². The fourth-order valence-electron chi connectivity index (χ4n) is 0.522. The second-order valence-corrected chi connectivity index (χ2v) is 1.64. The second-order valence-electron chi connectivity index (χ2n) is 1.64. The first-order valence-electron chi connectivity index (χ1n) is 2.40. The van der Waals surface area contributed by atoms with E-state index in [1.807, 2.05) is 0 Å². The fraction of sp³-hybridized carbons (Fsp3) is 1.00. The first-order valence-corrected chi connectivity index (χ1v) is 2.40. The Bertz CT molecular complexity index is 114. The maximum Gasteiger partial charge on any atom is 1.00 e. The molecule has 1 heterocycles. The van der Waals surface area contributed by atoms with Gasteiger partial charge in [-0.1, -0.05) is 0 Å². The molecule has 5 nitrogen and oxygen atoms in total. The molecule has 0 saturated carbocycles. The zero-order chi connectivity index (χ0) is 5.98. The second kappa shape index (κ2) is 3.92. The molecule has 0 radical (unpaired) electrons. The number of hydrogen-bond acceptors (Lipinski definition) is 3. The number of hydrazine groups is 1. The van der Waals surface area contributed by atoms with Crippen molar-refractivity contribution in [1.29, 1.82) is 0 Å². The van der Waals surface area contributed by atoms with Crippen molar-refractivity contribution in [1.82, 2.24) is 5.01 Å². The molecule has 0 spiro atoms. The number of rotatable bonds is 1. The summed E-state index contributed by atoms with van der Waals surface area (Å²) < 4.78 is 0. The monoisotopic (exact) mass is 139 g/mol. The first kappa shape index (κ1) is 9.00. The molecular formula is C3H6N3NaO2. The molecule has 0 aliphatic carbocycles. The zero-order valence-electron chi connectivity index (χ0n) is 5.28. The summed E-state index contributed by atoms with van der Waals surface area (Å²) >= 11 is 0. The minimum absolute atomic E-state index is 0. The third kappa shape index (κ3) is 2.00. The Morgan fingerprint density at radius 2 is 2.00 bits per heavy atom. The van der Waals surface area contributed by atoms with E-state index in [9.17, 15) is 10.4 Å². The van der Waals surface area contributed by atoms with E-state index in [2.05, 4.69) is 5.28 Å². The Morgan fingerprint density at radius 1 is 1.44 bits per heavy atom. The van der Waals surface area contributed by atoms with Crippen LogP contribution in [0.3, 0.4) is 0 Å². The summed E-state index contributed by atoms with van der Waals surface area (Å²) in [5.74, 6) is 0. The van der Waals surface area contributed by atoms with Crippen molar-refractivity contribution in [3.8, 4) is 0 Å².